The molecule has 19 heavy (non-hydrogen) atoms. The van der Waals surface area contributed by atoms with Gasteiger partial charge in [0.15, 0.2) is 0 Å². The molecule has 0 radical (unpaired) electrons. The van der Waals surface area contributed by atoms with Crippen molar-refractivity contribution in [3.63, 3.8) is 0 Å². The van der Waals surface area contributed by atoms with Gasteiger partial charge in [0, 0.05) is 25.6 Å². The summed E-state index contributed by atoms with van der Waals surface area (Å²) in [4.78, 5) is 14.3. The van der Waals surface area contributed by atoms with Crippen LogP contribution in [0.3, 0.4) is 0 Å². The van der Waals surface area contributed by atoms with Crippen molar-refractivity contribution in [2.75, 3.05) is 19.6 Å². The van der Waals surface area contributed by atoms with Crippen molar-refractivity contribution in [2.24, 2.45) is 11.8 Å². The number of carbonyl (C=O) groups is 1. The molecule has 1 amide bonds. The van der Waals surface area contributed by atoms with Crippen LogP contribution in [-0.4, -0.2) is 36.5 Å². The summed E-state index contributed by atoms with van der Waals surface area (Å²) >= 11 is 0. The van der Waals surface area contributed by atoms with E-state index in [1.807, 2.05) is 0 Å². The highest BCUT2D eigenvalue weighted by Gasteiger charge is 2.25. The monoisotopic (exact) mass is 268 g/mol. The van der Waals surface area contributed by atoms with Crippen LogP contribution in [0.4, 0.5) is 0 Å². The lowest BCUT2D eigenvalue weighted by atomic mass is 9.98. The van der Waals surface area contributed by atoms with E-state index < -0.39 is 0 Å². The molecule has 112 valence electrons. The summed E-state index contributed by atoms with van der Waals surface area (Å²) in [6.45, 7) is 11.7. The first-order chi connectivity index (χ1) is 9.12. The third kappa shape index (κ3) is 5.13. The van der Waals surface area contributed by atoms with E-state index in [9.17, 15) is 4.79 Å². The summed E-state index contributed by atoms with van der Waals surface area (Å²) in [6, 6.07) is 0.442. The molecule has 1 rings (SSSR count). The van der Waals surface area contributed by atoms with Gasteiger partial charge in [0.25, 0.3) is 0 Å². The molecule has 0 aromatic heterocycles. The average molecular weight is 268 g/mol. The fourth-order valence-corrected chi connectivity index (χ4v) is 2.92. The van der Waals surface area contributed by atoms with Gasteiger partial charge >= 0.3 is 0 Å². The fourth-order valence-electron chi connectivity index (χ4n) is 2.92. The van der Waals surface area contributed by atoms with E-state index in [2.05, 4.69) is 37.9 Å². The van der Waals surface area contributed by atoms with E-state index in [1.165, 1.54) is 12.8 Å². The minimum Gasteiger partial charge on any atom is -0.341 e. The van der Waals surface area contributed by atoms with Crippen LogP contribution in [0.1, 0.15) is 59.8 Å². The lowest BCUT2D eigenvalue weighted by molar-refractivity contribution is -0.131. The second-order valence-corrected chi connectivity index (χ2v) is 5.99. The molecule has 1 aliphatic heterocycles. The number of likely N-dealkylation sites (N-methyl/N-ethyl adjacent to an activating group) is 1. The van der Waals surface area contributed by atoms with Crippen molar-refractivity contribution in [3.8, 4) is 0 Å². The number of rotatable bonds is 7. The van der Waals surface area contributed by atoms with Crippen LogP contribution in [0.15, 0.2) is 0 Å². The molecule has 1 N–H and O–H groups in total. The third-order valence-corrected chi connectivity index (χ3v) is 4.72. The molecule has 0 bridgehead atoms. The Labute approximate surface area is 119 Å². The number of carbonyl (C=O) groups excluding carboxylic acids is 1. The Morgan fingerprint density at radius 2 is 2.05 bits per heavy atom. The number of hydrogen-bond donors (Lipinski definition) is 1. The maximum Gasteiger partial charge on any atom is 0.222 e. The molecule has 1 aliphatic rings. The summed E-state index contributed by atoms with van der Waals surface area (Å²) in [7, 11) is 0. The molecule has 1 heterocycles. The van der Waals surface area contributed by atoms with Gasteiger partial charge in [-0.3, -0.25) is 4.79 Å². The Kier molecular flexibility index (Phi) is 7.44. The largest absolute Gasteiger partial charge is 0.341 e. The number of hydrogen-bond acceptors (Lipinski definition) is 2. The topological polar surface area (TPSA) is 32.3 Å². The van der Waals surface area contributed by atoms with Gasteiger partial charge < -0.3 is 10.2 Å². The third-order valence-electron chi connectivity index (χ3n) is 4.72. The van der Waals surface area contributed by atoms with Crippen molar-refractivity contribution in [1.82, 2.24) is 10.2 Å². The van der Waals surface area contributed by atoms with E-state index in [0.717, 1.165) is 44.8 Å². The van der Waals surface area contributed by atoms with Crippen molar-refractivity contribution < 1.29 is 4.79 Å². The van der Waals surface area contributed by atoms with Gasteiger partial charge in [-0.2, -0.15) is 0 Å². The first kappa shape index (κ1) is 16.5. The van der Waals surface area contributed by atoms with E-state index in [0.29, 0.717) is 17.9 Å². The lowest BCUT2D eigenvalue weighted by Gasteiger charge is -2.30. The van der Waals surface area contributed by atoms with Crippen molar-refractivity contribution >= 4 is 5.91 Å². The van der Waals surface area contributed by atoms with Crippen molar-refractivity contribution in [3.05, 3.63) is 0 Å². The van der Waals surface area contributed by atoms with Crippen LogP contribution in [0.2, 0.25) is 0 Å². The molecule has 0 aliphatic carbocycles. The summed E-state index contributed by atoms with van der Waals surface area (Å²) in [5.74, 6) is 1.73. The smallest absolute Gasteiger partial charge is 0.222 e. The predicted octanol–water partition coefficient (Wildman–Crippen LogP) is 3.05. The predicted molar refractivity (Wildman–Crippen MR) is 81.1 cm³/mol. The van der Waals surface area contributed by atoms with E-state index in [-0.39, 0.29) is 0 Å². The number of amides is 1. The van der Waals surface area contributed by atoms with Gasteiger partial charge in [-0.1, -0.05) is 40.5 Å². The first-order valence-electron chi connectivity index (χ1n) is 8.13. The molecule has 3 heteroatoms. The molecule has 1 saturated heterocycles. The summed E-state index contributed by atoms with van der Waals surface area (Å²) in [5.41, 5.74) is 0. The number of nitrogens with one attached hydrogen (secondary N) is 1. The standard InChI is InChI=1S/C16H32N2O/c1-5-13(4)15(17-7-3)12-18-11-10-14(6-2)8-9-16(18)19/h13-15,17H,5-12H2,1-4H3. The summed E-state index contributed by atoms with van der Waals surface area (Å²) in [6.07, 6.45) is 5.39. The normalized spacial score (nSPS) is 24.1. The Morgan fingerprint density at radius 1 is 1.32 bits per heavy atom. The fraction of sp³-hybridized carbons (Fsp3) is 0.938. The minimum atomic E-state index is 0.363. The van der Waals surface area contributed by atoms with Gasteiger partial charge in [-0.05, 0) is 31.2 Å². The van der Waals surface area contributed by atoms with Gasteiger partial charge in [0.1, 0.15) is 0 Å². The lowest BCUT2D eigenvalue weighted by Crippen LogP contribution is -2.46. The van der Waals surface area contributed by atoms with Gasteiger partial charge in [-0.15, -0.1) is 0 Å². The van der Waals surface area contributed by atoms with Crippen LogP contribution in [0.5, 0.6) is 0 Å². The summed E-state index contributed by atoms with van der Waals surface area (Å²) < 4.78 is 0. The molecular formula is C16H32N2O. The minimum absolute atomic E-state index is 0.363. The molecular weight excluding hydrogens is 236 g/mol. The van der Waals surface area contributed by atoms with Crippen LogP contribution < -0.4 is 5.32 Å². The van der Waals surface area contributed by atoms with Crippen molar-refractivity contribution in [1.29, 1.82) is 0 Å². The van der Waals surface area contributed by atoms with E-state index >= 15 is 0 Å². The van der Waals surface area contributed by atoms with E-state index in [1.54, 1.807) is 0 Å². The van der Waals surface area contributed by atoms with Crippen LogP contribution in [0.25, 0.3) is 0 Å². The number of nitrogens with zero attached hydrogens (tertiary/aromatic N) is 1. The van der Waals surface area contributed by atoms with Gasteiger partial charge in [0.05, 0.1) is 0 Å². The molecule has 0 spiro atoms. The average Bonchev–Trinajstić information content (AvgIpc) is 2.60. The van der Waals surface area contributed by atoms with Crippen LogP contribution >= 0.6 is 0 Å². The Hall–Kier alpha value is -0.570. The molecule has 3 atom stereocenters. The van der Waals surface area contributed by atoms with E-state index in [4.69, 9.17) is 0 Å². The quantitative estimate of drug-likeness (QED) is 0.769. The Morgan fingerprint density at radius 3 is 2.63 bits per heavy atom. The zero-order valence-electron chi connectivity index (χ0n) is 13.2. The zero-order valence-corrected chi connectivity index (χ0v) is 13.2. The molecule has 0 saturated carbocycles. The van der Waals surface area contributed by atoms with Gasteiger partial charge in [0.2, 0.25) is 5.91 Å². The van der Waals surface area contributed by atoms with Crippen LogP contribution in [0, 0.1) is 11.8 Å². The Balaban J connectivity index is 2.58. The highest BCUT2D eigenvalue weighted by Crippen LogP contribution is 2.22. The molecule has 3 unspecified atom stereocenters. The second kappa shape index (κ2) is 8.57. The molecule has 0 aromatic carbocycles. The molecule has 0 aromatic rings. The van der Waals surface area contributed by atoms with Crippen LogP contribution in [-0.2, 0) is 4.79 Å². The highest BCUT2D eigenvalue weighted by molar-refractivity contribution is 5.76. The van der Waals surface area contributed by atoms with Gasteiger partial charge in [-0.25, -0.2) is 0 Å². The number of likely N-dealkylation sites (tertiary alicyclic amines) is 1. The summed E-state index contributed by atoms with van der Waals surface area (Å²) in [5, 5.41) is 3.55. The SMILES string of the molecule is CCNC(CN1CCC(CC)CCC1=O)C(C)CC. The maximum absolute atomic E-state index is 12.2. The highest BCUT2D eigenvalue weighted by atomic mass is 16.2. The van der Waals surface area contributed by atoms with Crippen molar-refractivity contribution in [2.45, 2.75) is 65.8 Å². The maximum atomic E-state index is 12.2. The molecule has 1 fully saturated rings. The first-order valence-corrected chi connectivity index (χ1v) is 8.13. The second-order valence-electron chi connectivity index (χ2n) is 5.99. The Bertz CT molecular complexity index is 267. The molecule has 3 nitrogen and oxygen atoms in total. The zero-order chi connectivity index (χ0) is 14.3.